The van der Waals surface area contributed by atoms with Crippen molar-refractivity contribution in [1.82, 2.24) is 20.3 Å². The highest BCUT2D eigenvalue weighted by Crippen LogP contribution is 2.25. The van der Waals surface area contributed by atoms with Crippen molar-refractivity contribution in [2.75, 3.05) is 5.32 Å². The van der Waals surface area contributed by atoms with Gasteiger partial charge >= 0.3 is 6.11 Å². The number of aromatic nitrogens is 3. The van der Waals surface area contributed by atoms with E-state index in [-0.39, 0.29) is 36.2 Å². The van der Waals surface area contributed by atoms with Crippen LogP contribution in [0.3, 0.4) is 0 Å². The molecule has 0 aliphatic rings. The van der Waals surface area contributed by atoms with Crippen molar-refractivity contribution in [3.05, 3.63) is 82.9 Å². The van der Waals surface area contributed by atoms with Crippen molar-refractivity contribution in [1.29, 1.82) is 0 Å². The summed E-state index contributed by atoms with van der Waals surface area (Å²) in [6, 6.07) is 12.0. The number of anilines is 1. The van der Waals surface area contributed by atoms with Crippen LogP contribution in [0.1, 0.15) is 53.0 Å². The lowest BCUT2D eigenvalue weighted by Crippen LogP contribution is -2.24. The van der Waals surface area contributed by atoms with E-state index in [4.69, 9.17) is 4.79 Å². The predicted molar refractivity (Wildman–Crippen MR) is 146 cm³/mol. The monoisotopic (exact) mass is 552 g/mol. The van der Waals surface area contributed by atoms with Crippen LogP contribution in [0.25, 0.3) is 11.0 Å². The third-order valence-electron chi connectivity index (χ3n) is 5.72. The number of amides is 3. The highest BCUT2D eigenvalue weighted by atomic mass is 19.3. The molecule has 0 radical (unpaired) electrons. The molecule has 0 unspecified atom stereocenters. The number of nitrogens with zero attached hydrogens (tertiary/aromatic N) is 2. The normalized spacial score (nSPS) is 10.8. The Labute approximate surface area is 229 Å². The molecule has 3 amide bonds. The van der Waals surface area contributed by atoms with E-state index in [1.165, 1.54) is 18.5 Å². The average molecular weight is 553 g/mol. The number of H-pyrrole nitrogens is 1. The third-order valence-corrected chi connectivity index (χ3v) is 5.72. The summed E-state index contributed by atoms with van der Waals surface area (Å²) >= 11 is 0. The van der Waals surface area contributed by atoms with Gasteiger partial charge < -0.3 is 26.1 Å². The van der Waals surface area contributed by atoms with Gasteiger partial charge in [-0.3, -0.25) is 14.4 Å². The maximum atomic E-state index is 13.0. The zero-order valence-electron chi connectivity index (χ0n) is 22.3. The topological polar surface area (TPSA) is 152 Å². The second-order valence-electron chi connectivity index (χ2n) is 8.86. The lowest BCUT2D eigenvalue weighted by molar-refractivity contribution is -0.159. The molecule has 0 spiro atoms. The van der Waals surface area contributed by atoms with Crippen LogP contribution in [-0.2, 0) is 22.6 Å². The van der Waals surface area contributed by atoms with Gasteiger partial charge in [0.2, 0.25) is 12.3 Å². The molecule has 5 N–H and O–H groups in total. The molecule has 2 heterocycles. The Bertz CT molecular complexity index is 1480. The van der Waals surface area contributed by atoms with Crippen LogP contribution >= 0.6 is 0 Å². The minimum Gasteiger partial charge on any atom is -0.433 e. The van der Waals surface area contributed by atoms with Gasteiger partial charge in [0.05, 0.1) is 11.0 Å². The second kappa shape index (κ2) is 13.3. The van der Waals surface area contributed by atoms with E-state index in [0.717, 1.165) is 22.3 Å². The number of fused-ring (bicyclic) bond motifs is 1. The van der Waals surface area contributed by atoms with Crippen molar-refractivity contribution in [2.45, 2.75) is 46.3 Å². The first-order chi connectivity index (χ1) is 19.0. The molecule has 10 nitrogen and oxygen atoms in total. The Morgan fingerprint density at radius 3 is 2.45 bits per heavy atom. The number of ether oxygens (including phenoxy) is 1. The molecule has 2 aromatic heterocycles. The molecule has 0 atom stereocenters. The summed E-state index contributed by atoms with van der Waals surface area (Å²) in [6.07, 6.45) is 0.928. The van der Waals surface area contributed by atoms with Crippen LogP contribution in [0.2, 0.25) is 0 Å². The number of nitrogens with one attached hydrogen (secondary N) is 3. The Kier molecular flexibility index (Phi) is 9.85. The molecule has 0 saturated carbocycles. The van der Waals surface area contributed by atoms with E-state index in [0.29, 0.717) is 36.5 Å². The molecule has 40 heavy (non-hydrogen) atoms. The number of nitrogens with two attached hydrogens (primary N) is 1. The van der Waals surface area contributed by atoms with Gasteiger partial charge in [-0.05, 0) is 41.8 Å². The van der Waals surface area contributed by atoms with Gasteiger partial charge in [-0.25, -0.2) is 9.97 Å². The Balaban J connectivity index is 0.00000141. The van der Waals surface area contributed by atoms with Gasteiger partial charge in [0, 0.05) is 43.8 Å². The molecule has 210 valence electrons. The smallest absolute Gasteiger partial charge is 0.394 e. The van der Waals surface area contributed by atoms with Crippen molar-refractivity contribution >= 4 is 34.9 Å². The van der Waals surface area contributed by atoms with Gasteiger partial charge in [0.25, 0.3) is 5.91 Å². The number of hydrogen-bond donors (Lipinski definition) is 4. The van der Waals surface area contributed by atoms with Gasteiger partial charge in [-0.2, -0.15) is 8.78 Å². The van der Waals surface area contributed by atoms with E-state index in [1.807, 2.05) is 25.1 Å². The standard InChI is InChI=1S/C27H27F2N5O3.CH3NO/c1-4-22(35)34-21-12-18(6-5-16(21)2)13-31-26(36)25-24-23(32-15-33-25)19(14-30-24)11-17-7-9-20(10-8-17)37-27(3,28)29;2-1-3/h5-10,12,14-15,30H,4,11,13H2,1-3H3,(H,31,36)(H,34,35);1H,(H2,2,3). The van der Waals surface area contributed by atoms with E-state index in [9.17, 15) is 18.4 Å². The lowest BCUT2D eigenvalue weighted by Gasteiger charge is -2.13. The van der Waals surface area contributed by atoms with E-state index in [1.54, 1.807) is 25.3 Å². The molecular weight excluding hydrogens is 522 g/mol. The number of primary amides is 1. The Morgan fingerprint density at radius 1 is 1.12 bits per heavy atom. The maximum absolute atomic E-state index is 13.0. The summed E-state index contributed by atoms with van der Waals surface area (Å²) in [6.45, 7) is 4.62. The Morgan fingerprint density at radius 2 is 1.80 bits per heavy atom. The molecule has 4 aromatic rings. The van der Waals surface area contributed by atoms with Gasteiger partial charge in [0.1, 0.15) is 12.1 Å². The zero-order chi connectivity index (χ0) is 29.3. The number of alkyl halides is 2. The molecule has 0 saturated heterocycles. The molecule has 0 aliphatic carbocycles. The number of rotatable bonds is 9. The van der Waals surface area contributed by atoms with E-state index >= 15 is 0 Å². The van der Waals surface area contributed by atoms with Crippen LogP contribution in [0.4, 0.5) is 14.5 Å². The summed E-state index contributed by atoms with van der Waals surface area (Å²) < 4.78 is 30.7. The molecule has 0 bridgehead atoms. The lowest BCUT2D eigenvalue weighted by atomic mass is 10.1. The fourth-order valence-electron chi connectivity index (χ4n) is 3.82. The number of hydrogen-bond acceptors (Lipinski definition) is 6. The number of aromatic amines is 1. The number of carbonyl (C=O) groups excluding carboxylic acids is 3. The molecule has 12 heteroatoms. The number of halogens is 2. The number of aryl methyl sites for hydroxylation is 1. The summed E-state index contributed by atoms with van der Waals surface area (Å²) in [7, 11) is 0. The molecule has 4 rings (SSSR count). The van der Waals surface area contributed by atoms with Crippen LogP contribution in [0.5, 0.6) is 5.75 Å². The third kappa shape index (κ3) is 8.06. The summed E-state index contributed by atoms with van der Waals surface area (Å²) in [5.74, 6) is -0.380. The van der Waals surface area contributed by atoms with Gasteiger partial charge in [-0.15, -0.1) is 0 Å². The van der Waals surface area contributed by atoms with Crippen molar-refractivity contribution in [3.63, 3.8) is 0 Å². The first-order valence-electron chi connectivity index (χ1n) is 12.3. The minimum atomic E-state index is -3.25. The Hall–Kier alpha value is -4.87. The first-order valence-corrected chi connectivity index (χ1v) is 12.3. The molecular formula is C28H30F2N6O4. The summed E-state index contributed by atoms with van der Waals surface area (Å²) in [5, 5.41) is 5.73. The van der Waals surface area contributed by atoms with Gasteiger partial charge in [-0.1, -0.05) is 31.2 Å². The van der Waals surface area contributed by atoms with Crippen molar-refractivity contribution in [3.8, 4) is 5.75 Å². The second-order valence-corrected chi connectivity index (χ2v) is 8.86. The van der Waals surface area contributed by atoms with Gasteiger partial charge in [0.15, 0.2) is 5.69 Å². The zero-order valence-corrected chi connectivity index (χ0v) is 22.3. The largest absolute Gasteiger partial charge is 0.433 e. The van der Waals surface area contributed by atoms with Crippen molar-refractivity contribution in [2.24, 2.45) is 5.73 Å². The number of benzene rings is 2. The summed E-state index contributed by atoms with van der Waals surface area (Å²) in [5.41, 5.74) is 9.63. The quantitative estimate of drug-likeness (QED) is 0.228. The summed E-state index contributed by atoms with van der Waals surface area (Å²) in [4.78, 5) is 44.9. The molecule has 0 aliphatic heterocycles. The minimum absolute atomic E-state index is 0.0740. The van der Waals surface area contributed by atoms with Crippen LogP contribution < -0.4 is 21.1 Å². The SMILES string of the molecule is CCC(=O)Nc1cc(CNC(=O)c2ncnc3c(Cc4ccc(OC(C)(F)F)cc4)c[nH]c23)ccc1C.NC=O. The predicted octanol–water partition coefficient (Wildman–Crippen LogP) is 4.23. The molecule has 2 aromatic carbocycles. The average Bonchev–Trinajstić information content (AvgIpc) is 3.32. The van der Waals surface area contributed by atoms with Crippen LogP contribution in [-0.4, -0.2) is 39.3 Å². The van der Waals surface area contributed by atoms with E-state index in [2.05, 4.69) is 36.1 Å². The van der Waals surface area contributed by atoms with Crippen molar-refractivity contribution < 1.29 is 27.9 Å². The first kappa shape index (κ1) is 29.7. The van der Waals surface area contributed by atoms with Crippen LogP contribution in [0, 0.1) is 6.92 Å². The highest BCUT2D eigenvalue weighted by Gasteiger charge is 2.23. The maximum Gasteiger partial charge on any atom is 0.394 e. The fourth-order valence-corrected chi connectivity index (χ4v) is 3.82. The fraction of sp³-hybridized carbons (Fsp3) is 0.250. The molecule has 0 fully saturated rings. The van der Waals surface area contributed by atoms with Crippen LogP contribution in [0.15, 0.2) is 55.0 Å². The number of carbonyl (C=O) groups is 3. The highest BCUT2D eigenvalue weighted by molar-refractivity contribution is 6.03. The van der Waals surface area contributed by atoms with E-state index < -0.39 is 6.11 Å².